The van der Waals surface area contributed by atoms with Crippen LogP contribution in [0.5, 0.6) is 0 Å². The first-order valence-corrected chi connectivity index (χ1v) is 7.66. The largest absolute Gasteiger partial charge is 0.335 e. The highest BCUT2D eigenvalue weighted by atomic mass is 35.5. The zero-order valence-electron chi connectivity index (χ0n) is 13.0. The third-order valence-corrected chi connectivity index (χ3v) is 3.85. The quantitative estimate of drug-likeness (QED) is 0.386. The van der Waals surface area contributed by atoms with Gasteiger partial charge in [-0.05, 0) is 48.0 Å². The first-order valence-electron chi connectivity index (χ1n) is 7.28. The minimum atomic E-state index is -0.872. The molecule has 0 unspecified atom stereocenters. The molecule has 0 atom stereocenters. The van der Waals surface area contributed by atoms with Crippen LogP contribution in [0, 0.1) is 10.1 Å². The van der Waals surface area contributed by atoms with Gasteiger partial charge < -0.3 is 0 Å². The zero-order valence-corrected chi connectivity index (χ0v) is 13.8. The average Bonchev–Trinajstić information content (AvgIpc) is 2.60. The van der Waals surface area contributed by atoms with Crippen LogP contribution >= 0.6 is 11.6 Å². The minimum absolute atomic E-state index is 0.121. The summed E-state index contributed by atoms with van der Waals surface area (Å²) in [5.41, 5.74) is 0.261. The van der Waals surface area contributed by atoms with Crippen molar-refractivity contribution in [3.05, 3.63) is 74.8 Å². The van der Waals surface area contributed by atoms with E-state index < -0.39 is 22.8 Å². The minimum Gasteiger partial charge on any atom is -0.273 e. The Morgan fingerprint density at radius 2 is 1.62 bits per heavy atom. The second-order valence-electron chi connectivity index (χ2n) is 5.28. The predicted octanol–water partition coefficient (Wildman–Crippen LogP) is 2.91. The highest BCUT2D eigenvalue weighted by molar-refractivity contribution is 6.39. The number of urea groups is 1. The molecule has 1 fully saturated rings. The lowest BCUT2D eigenvalue weighted by atomic mass is 10.1. The molecule has 0 spiro atoms. The van der Waals surface area contributed by atoms with E-state index in [-0.39, 0.29) is 16.9 Å². The molecule has 8 nitrogen and oxygen atoms in total. The number of hydrogen-bond donors (Lipinski definition) is 1. The smallest absolute Gasteiger partial charge is 0.273 e. The molecule has 4 amide bonds. The summed E-state index contributed by atoms with van der Waals surface area (Å²) in [4.78, 5) is 47.7. The van der Waals surface area contributed by atoms with E-state index >= 15 is 0 Å². The number of barbiturate groups is 1. The van der Waals surface area contributed by atoms with Gasteiger partial charge in [0.15, 0.2) is 0 Å². The Bertz CT molecular complexity index is 951. The molecule has 0 radical (unpaired) electrons. The van der Waals surface area contributed by atoms with Crippen LogP contribution in [0.2, 0.25) is 5.02 Å². The number of carbonyl (C=O) groups is 3. The van der Waals surface area contributed by atoms with Gasteiger partial charge in [0.1, 0.15) is 5.57 Å². The third-order valence-electron chi connectivity index (χ3n) is 3.60. The maximum Gasteiger partial charge on any atom is 0.335 e. The van der Waals surface area contributed by atoms with Gasteiger partial charge in [0, 0.05) is 17.2 Å². The van der Waals surface area contributed by atoms with Crippen LogP contribution in [0.3, 0.4) is 0 Å². The molecule has 2 aromatic carbocycles. The van der Waals surface area contributed by atoms with Crippen LogP contribution in [0.1, 0.15) is 5.56 Å². The second kappa shape index (κ2) is 6.77. The molecule has 1 aliphatic rings. The summed E-state index contributed by atoms with van der Waals surface area (Å²) in [5.74, 6) is -1.65. The van der Waals surface area contributed by atoms with Gasteiger partial charge in [-0.15, -0.1) is 0 Å². The Kier molecular flexibility index (Phi) is 4.51. The van der Waals surface area contributed by atoms with Crippen LogP contribution < -0.4 is 10.2 Å². The fourth-order valence-corrected chi connectivity index (χ4v) is 2.47. The molecule has 1 aliphatic heterocycles. The Morgan fingerprint density at radius 1 is 1.00 bits per heavy atom. The standard InChI is InChI=1S/C17H10ClN3O5/c18-11-3-7-12(8-4-11)20-16(23)14(15(22)19-17(20)24)9-10-1-5-13(6-2-10)21(25)26/h1-9H,(H,19,22,24)/b14-9+. The number of nitrogens with zero attached hydrogens (tertiary/aromatic N) is 2. The van der Waals surface area contributed by atoms with Crippen molar-refractivity contribution in [2.75, 3.05) is 4.90 Å². The molecule has 0 bridgehead atoms. The molecule has 3 rings (SSSR count). The van der Waals surface area contributed by atoms with Gasteiger partial charge >= 0.3 is 6.03 Å². The van der Waals surface area contributed by atoms with Crippen molar-refractivity contribution in [3.8, 4) is 0 Å². The molecule has 0 aliphatic carbocycles. The Balaban J connectivity index is 1.96. The molecule has 2 aromatic rings. The van der Waals surface area contributed by atoms with Crippen molar-refractivity contribution in [2.45, 2.75) is 0 Å². The van der Waals surface area contributed by atoms with Gasteiger partial charge in [-0.1, -0.05) is 11.6 Å². The number of imide groups is 2. The lowest BCUT2D eigenvalue weighted by molar-refractivity contribution is -0.384. The summed E-state index contributed by atoms with van der Waals surface area (Å²) in [5, 5.41) is 13.2. The number of hydrogen-bond acceptors (Lipinski definition) is 5. The fraction of sp³-hybridized carbons (Fsp3) is 0. The number of benzene rings is 2. The number of nitro benzene ring substituents is 1. The zero-order chi connectivity index (χ0) is 18.8. The van der Waals surface area contributed by atoms with E-state index in [1.165, 1.54) is 54.6 Å². The summed E-state index contributed by atoms with van der Waals surface area (Å²) in [6.45, 7) is 0. The van der Waals surface area contributed by atoms with E-state index in [0.29, 0.717) is 10.6 Å². The molecule has 9 heteroatoms. The fourth-order valence-electron chi connectivity index (χ4n) is 2.34. The van der Waals surface area contributed by atoms with E-state index in [1.807, 2.05) is 0 Å². The van der Waals surface area contributed by atoms with E-state index in [2.05, 4.69) is 5.32 Å². The molecule has 1 saturated heterocycles. The van der Waals surface area contributed by atoms with Crippen molar-refractivity contribution < 1.29 is 19.3 Å². The normalized spacial score (nSPS) is 16.0. The number of anilines is 1. The van der Waals surface area contributed by atoms with Crippen LogP contribution in [0.4, 0.5) is 16.2 Å². The molecule has 1 heterocycles. The van der Waals surface area contributed by atoms with Gasteiger partial charge in [0.25, 0.3) is 17.5 Å². The third kappa shape index (κ3) is 3.31. The molecule has 26 heavy (non-hydrogen) atoms. The SMILES string of the molecule is O=C1NC(=O)N(c2ccc(Cl)cc2)C(=O)/C1=C/c1ccc([N+](=O)[O-])cc1. The van der Waals surface area contributed by atoms with E-state index in [4.69, 9.17) is 11.6 Å². The van der Waals surface area contributed by atoms with Gasteiger partial charge in [0.05, 0.1) is 10.6 Å². The maximum atomic E-state index is 12.6. The molecule has 0 saturated carbocycles. The topological polar surface area (TPSA) is 110 Å². The number of carbonyl (C=O) groups excluding carboxylic acids is 3. The number of rotatable bonds is 3. The number of non-ortho nitro benzene ring substituents is 1. The number of nitro groups is 1. The first kappa shape index (κ1) is 17.3. The monoisotopic (exact) mass is 371 g/mol. The summed E-state index contributed by atoms with van der Waals surface area (Å²) in [6, 6.07) is 10.4. The molecule has 130 valence electrons. The highest BCUT2D eigenvalue weighted by Gasteiger charge is 2.36. The Morgan fingerprint density at radius 3 is 2.19 bits per heavy atom. The van der Waals surface area contributed by atoms with Crippen molar-refractivity contribution in [1.29, 1.82) is 0 Å². The van der Waals surface area contributed by atoms with Crippen LogP contribution in [-0.4, -0.2) is 22.8 Å². The van der Waals surface area contributed by atoms with Crippen LogP contribution in [-0.2, 0) is 9.59 Å². The van der Waals surface area contributed by atoms with Crippen molar-refractivity contribution >= 4 is 46.9 Å². The van der Waals surface area contributed by atoms with Crippen LogP contribution in [0.25, 0.3) is 6.08 Å². The van der Waals surface area contributed by atoms with Crippen LogP contribution in [0.15, 0.2) is 54.1 Å². The molecule has 0 aromatic heterocycles. The molecule has 1 N–H and O–H groups in total. The second-order valence-corrected chi connectivity index (χ2v) is 5.72. The van der Waals surface area contributed by atoms with Crippen molar-refractivity contribution in [2.24, 2.45) is 0 Å². The highest BCUT2D eigenvalue weighted by Crippen LogP contribution is 2.24. The van der Waals surface area contributed by atoms with Gasteiger partial charge in [0.2, 0.25) is 0 Å². The Labute approximate surface area is 151 Å². The summed E-state index contributed by atoms with van der Waals surface area (Å²) in [6.07, 6.45) is 1.26. The Hall–Kier alpha value is -3.52. The molecular formula is C17H10ClN3O5. The van der Waals surface area contributed by atoms with Crippen molar-refractivity contribution in [1.82, 2.24) is 5.32 Å². The maximum absolute atomic E-state index is 12.6. The van der Waals surface area contributed by atoms with Crippen molar-refractivity contribution in [3.63, 3.8) is 0 Å². The summed E-state index contributed by atoms with van der Waals surface area (Å²) < 4.78 is 0. The average molecular weight is 372 g/mol. The first-order chi connectivity index (χ1) is 12.4. The number of halogens is 1. The number of nitrogens with one attached hydrogen (secondary N) is 1. The predicted molar refractivity (Wildman–Crippen MR) is 93.6 cm³/mol. The van der Waals surface area contributed by atoms with E-state index in [1.54, 1.807) is 0 Å². The molecular weight excluding hydrogens is 362 g/mol. The lowest BCUT2D eigenvalue weighted by Gasteiger charge is -2.26. The lowest BCUT2D eigenvalue weighted by Crippen LogP contribution is -2.54. The van der Waals surface area contributed by atoms with Gasteiger partial charge in [-0.25, -0.2) is 9.69 Å². The van der Waals surface area contributed by atoms with E-state index in [9.17, 15) is 24.5 Å². The van der Waals surface area contributed by atoms with Gasteiger partial charge in [-0.2, -0.15) is 0 Å². The summed E-state index contributed by atoms with van der Waals surface area (Å²) >= 11 is 5.80. The number of amides is 4. The van der Waals surface area contributed by atoms with E-state index in [0.717, 1.165) is 4.90 Å². The van der Waals surface area contributed by atoms with Gasteiger partial charge in [-0.3, -0.25) is 25.0 Å². The summed E-state index contributed by atoms with van der Waals surface area (Å²) in [7, 11) is 0.